The topological polar surface area (TPSA) is 50.4 Å². The molecule has 0 bridgehead atoms. The predicted molar refractivity (Wildman–Crippen MR) is 68.6 cm³/mol. The Hall–Kier alpha value is -1.71. The van der Waals surface area contributed by atoms with E-state index in [4.69, 9.17) is 4.74 Å². The third-order valence-electron chi connectivity index (χ3n) is 2.79. The van der Waals surface area contributed by atoms with Crippen molar-refractivity contribution in [2.45, 2.75) is 32.7 Å². The summed E-state index contributed by atoms with van der Waals surface area (Å²) in [5.41, 5.74) is 1.70. The van der Waals surface area contributed by atoms with Gasteiger partial charge in [0.05, 0.1) is 12.3 Å². The van der Waals surface area contributed by atoms with Crippen molar-refractivity contribution in [3.63, 3.8) is 0 Å². The van der Waals surface area contributed by atoms with Crippen LogP contribution in [0, 0.1) is 0 Å². The fourth-order valence-corrected chi connectivity index (χ4v) is 1.86. The second-order valence-electron chi connectivity index (χ2n) is 4.12. The lowest BCUT2D eigenvalue weighted by molar-refractivity contribution is -0.117. The minimum Gasteiger partial charge on any atom is -0.491 e. The molecular formula is C13H18N2O2. The second-order valence-corrected chi connectivity index (χ2v) is 4.12. The Morgan fingerprint density at radius 3 is 2.88 bits per heavy atom. The average molecular weight is 234 g/mol. The molecule has 0 aromatic heterocycles. The van der Waals surface area contributed by atoms with Crippen molar-refractivity contribution in [2.24, 2.45) is 0 Å². The van der Waals surface area contributed by atoms with Gasteiger partial charge in [-0.05, 0) is 25.0 Å². The standard InChI is InChI=1S/C13H18N2O2/c1-3-8-17-11-7-5-6-10-12(11)15-13(16)9(4-2)14-10/h5-7,9,14H,3-4,8H2,1-2H3,(H,15,16). The van der Waals surface area contributed by atoms with Gasteiger partial charge in [-0.15, -0.1) is 0 Å². The van der Waals surface area contributed by atoms with Crippen LogP contribution in [0.1, 0.15) is 26.7 Å². The van der Waals surface area contributed by atoms with Gasteiger partial charge in [0.15, 0.2) is 0 Å². The lowest BCUT2D eigenvalue weighted by Gasteiger charge is -2.27. The number of benzene rings is 1. The van der Waals surface area contributed by atoms with Crippen molar-refractivity contribution < 1.29 is 9.53 Å². The first-order valence-corrected chi connectivity index (χ1v) is 6.09. The van der Waals surface area contributed by atoms with Crippen LogP contribution in [0.5, 0.6) is 5.75 Å². The first-order chi connectivity index (χ1) is 8.26. The first kappa shape index (κ1) is 11.8. The minimum atomic E-state index is -0.149. The van der Waals surface area contributed by atoms with E-state index in [1.807, 2.05) is 25.1 Å². The van der Waals surface area contributed by atoms with Crippen molar-refractivity contribution >= 4 is 17.3 Å². The Bertz CT molecular complexity index is 404. The summed E-state index contributed by atoms with van der Waals surface area (Å²) < 4.78 is 5.62. The maximum Gasteiger partial charge on any atom is 0.247 e. The first-order valence-electron chi connectivity index (χ1n) is 6.09. The SMILES string of the molecule is CCCOc1cccc2c1NC(=O)C(CC)N2. The maximum absolute atomic E-state index is 11.8. The van der Waals surface area contributed by atoms with Gasteiger partial charge in [-0.25, -0.2) is 0 Å². The summed E-state index contributed by atoms with van der Waals surface area (Å²) in [6.45, 7) is 4.70. The highest BCUT2D eigenvalue weighted by Gasteiger charge is 2.25. The summed E-state index contributed by atoms with van der Waals surface area (Å²) in [6.07, 6.45) is 1.72. The molecule has 1 heterocycles. The maximum atomic E-state index is 11.8. The molecule has 2 N–H and O–H groups in total. The van der Waals surface area contributed by atoms with Gasteiger partial charge in [-0.3, -0.25) is 4.79 Å². The zero-order chi connectivity index (χ0) is 12.3. The summed E-state index contributed by atoms with van der Waals surface area (Å²) in [6, 6.07) is 5.61. The van der Waals surface area contributed by atoms with E-state index in [2.05, 4.69) is 17.6 Å². The normalized spacial score (nSPS) is 18.0. The van der Waals surface area contributed by atoms with Crippen LogP contribution in [0.15, 0.2) is 18.2 Å². The van der Waals surface area contributed by atoms with E-state index >= 15 is 0 Å². The van der Waals surface area contributed by atoms with Gasteiger partial charge in [0, 0.05) is 0 Å². The molecular weight excluding hydrogens is 216 g/mol. The number of amides is 1. The van der Waals surface area contributed by atoms with Gasteiger partial charge < -0.3 is 15.4 Å². The van der Waals surface area contributed by atoms with Crippen LogP contribution >= 0.6 is 0 Å². The van der Waals surface area contributed by atoms with Crippen LogP contribution in [-0.4, -0.2) is 18.6 Å². The molecule has 0 saturated heterocycles. The number of ether oxygens (including phenoxy) is 1. The van der Waals surface area contributed by atoms with Gasteiger partial charge >= 0.3 is 0 Å². The lowest BCUT2D eigenvalue weighted by Crippen LogP contribution is -2.38. The number of hydrogen-bond donors (Lipinski definition) is 2. The molecule has 0 saturated carbocycles. The van der Waals surface area contributed by atoms with Crippen molar-refractivity contribution in [2.75, 3.05) is 17.2 Å². The van der Waals surface area contributed by atoms with Crippen LogP contribution in [0.4, 0.5) is 11.4 Å². The number of nitrogens with one attached hydrogen (secondary N) is 2. The van der Waals surface area contributed by atoms with Crippen molar-refractivity contribution in [1.29, 1.82) is 0 Å². The molecule has 2 rings (SSSR count). The molecule has 1 aliphatic rings. The molecule has 4 nitrogen and oxygen atoms in total. The molecule has 92 valence electrons. The Morgan fingerprint density at radius 2 is 2.18 bits per heavy atom. The van der Waals surface area contributed by atoms with Crippen LogP contribution in [0.3, 0.4) is 0 Å². The van der Waals surface area contributed by atoms with Crippen LogP contribution in [-0.2, 0) is 4.79 Å². The summed E-state index contributed by atoms with van der Waals surface area (Å²) in [7, 11) is 0. The number of para-hydroxylation sites is 1. The third-order valence-corrected chi connectivity index (χ3v) is 2.79. The van der Waals surface area contributed by atoms with Gasteiger partial charge in [0.2, 0.25) is 5.91 Å². The zero-order valence-electron chi connectivity index (χ0n) is 10.2. The van der Waals surface area contributed by atoms with Gasteiger partial charge in [-0.1, -0.05) is 19.9 Å². The summed E-state index contributed by atoms with van der Waals surface area (Å²) in [4.78, 5) is 11.8. The molecule has 1 atom stereocenters. The van der Waals surface area contributed by atoms with Crippen LogP contribution in [0.2, 0.25) is 0 Å². The van der Waals surface area contributed by atoms with Gasteiger partial charge in [-0.2, -0.15) is 0 Å². The molecule has 17 heavy (non-hydrogen) atoms. The molecule has 0 fully saturated rings. The number of hydrogen-bond acceptors (Lipinski definition) is 3. The van der Waals surface area contributed by atoms with Crippen molar-refractivity contribution in [3.05, 3.63) is 18.2 Å². The van der Waals surface area contributed by atoms with E-state index in [1.54, 1.807) is 0 Å². The smallest absolute Gasteiger partial charge is 0.247 e. The molecule has 4 heteroatoms. The van der Waals surface area contributed by atoms with Gasteiger partial charge in [0.25, 0.3) is 0 Å². The Morgan fingerprint density at radius 1 is 1.35 bits per heavy atom. The van der Waals surface area contributed by atoms with E-state index in [1.165, 1.54) is 0 Å². The Balaban J connectivity index is 2.26. The number of carbonyl (C=O) groups is 1. The molecule has 1 aromatic rings. The molecule has 0 aliphatic carbocycles. The summed E-state index contributed by atoms with van der Waals surface area (Å²) in [5, 5.41) is 6.13. The van der Waals surface area contributed by atoms with Gasteiger partial charge in [0.1, 0.15) is 17.5 Å². The highest BCUT2D eigenvalue weighted by Crippen LogP contribution is 2.36. The average Bonchev–Trinajstić information content (AvgIpc) is 2.35. The molecule has 0 spiro atoms. The Kier molecular flexibility index (Phi) is 3.52. The molecule has 1 aromatic carbocycles. The molecule has 0 radical (unpaired) electrons. The number of rotatable bonds is 4. The fraction of sp³-hybridized carbons (Fsp3) is 0.462. The molecule has 1 amide bonds. The zero-order valence-corrected chi connectivity index (χ0v) is 10.2. The predicted octanol–water partition coefficient (Wildman–Crippen LogP) is 2.62. The Labute approximate surface area is 101 Å². The van der Waals surface area contributed by atoms with E-state index in [9.17, 15) is 4.79 Å². The van der Waals surface area contributed by atoms with E-state index in [0.717, 1.165) is 30.0 Å². The van der Waals surface area contributed by atoms with E-state index < -0.39 is 0 Å². The second kappa shape index (κ2) is 5.08. The summed E-state index contributed by atoms with van der Waals surface area (Å²) in [5.74, 6) is 0.743. The van der Waals surface area contributed by atoms with Crippen LogP contribution in [0.25, 0.3) is 0 Å². The highest BCUT2D eigenvalue weighted by molar-refractivity contribution is 6.04. The largest absolute Gasteiger partial charge is 0.491 e. The van der Waals surface area contributed by atoms with E-state index in [-0.39, 0.29) is 11.9 Å². The lowest BCUT2D eigenvalue weighted by atomic mass is 10.1. The van der Waals surface area contributed by atoms with Crippen molar-refractivity contribution in [3.8, 4) is 5.75 Å². The number of fused-ring (bicyclic) bond motifs is 1. The molecule has 1 unspecified atom stereocenters. The van der Waals surface area contributed by atoms with Crippen LogP contribution < -0.4 is 15.4 Å². The number of anilines is 2. The monoisotopic (exact) mass is 234 g/mol. The number of carbonyl (C=O) groups excluding carboxylic acids is 1. The van der Waals surface area contributed by atoms with Crippen molar-refractivity contribution in [1.82, 2.24) is 0 Å². The highest BCUT2D eigenvalue weighted by atomic mass is 16.5. The summed E-state index contributed by atoms with van der Waals surface area (Å²) >= 11 is 0. The minimum absolute atomic E-state index is 0.00699. The third kappa shape index (κ3) is 2.35. The quantitative estimate of drug-likeness (QED) is 0.842. The molecule has 1 aliphatic heterocycles. The van der Waals surface area contributed by atoms with E-state index in [0.29, 0.717) is 6.61 Å². The fourth-order valence-electron chi connectivity index (χ4n) is 1.86.